The Morgan fingerprint density at radius 2 is 2.12 bits per heavy atom. The molecule has 0 unspecified atom stereocenters. The second-order valence-corrected chi connectivity index (χ2v) is 4.97. The van der Waals surface area contributed by atoms with Crippen molar-refractivity contribution >= 4 is 34.4 Å². The molecule has 0 bridgehead atoms. The minimum absolute atomic E-state index is 0.0946. The molecule has 1 aromatic carbocycles. The molecule has 24 heavy (non-hydrogen) atoms. The van der Waals surface area contributed by atoms with E-state index in [0.29, 0.717) is 5.69 Å². The maximum absolute atomic E-state index is 12.5. The summed E-state index contributed by atoms with van der Waals surface area (Å²) in [7, 11) is 0. The number of aromatic nitrogens is 4. The number of ether oxygens (including phenoxy) is 1. The highest BCUT2D eigenvalue weighted by Crippen LogP contribution is 2.22. The van der Waals surface area contributed by atoms with Crippen LogP contribution in [0.25, 0.3) is 10.9 Å². The standard InChI is InChI=1S/C15H16N6O3/c1-2-24-15(23)18-13-7-17-21(19-13)9-14(22)20-8-11(16)10-5-3-4-6-12(10)20/h3-8H,2,9,16H2,1H3,(H,18,19,23). The molecule has 0 saturated carbocycles. The molecule has 0 fully saturated rings. The molecule has 2 aromatic heterocycles. The Kier molecular flexibility index (Phi) is 4.15. The van der Waals surface area contributed by atoms with Crippen molar-refractivity contribution in [1.82, 2.24) is 19.6 Å². The van der Waals surface area contributed by atoms with Gasteiger partial charge in [0.2, 0.25) is 0 Å². The third-order valence-electron chi connectivity index (χ3n) is 3.33. The molecular formula is C15H16N6O3. The number of nitrogens with two attached hydrogens (primary N) is 1. The summed E-state index contributed by atoms with van der Waals surface area (Å²) in [4.78, 5) is 25.0. The van der Waals surface area contributed by atoms with Gasteiger partial charge in [-0.3, -0.25) is 14.7 Å². The predicted molar refractivity (Wildman–Crippen MR) is 87.6 cm³/mol. The van der Waals surface area contributed by atoms with E-state index in [1.165, 1.54) is 15.6 Å². The van der Waals surface area contributed by atoms with E-state index in [9.17, 15) is 9.59 Å². The zero-order chi connectivity index (χ0) is 17.1. The van der Waals surface area contributed by atoms with Crippen LogP contribution in [0.1, 0.15) is 11.7 Å². The zero-order valence-corrected chi connectivity index (χ0v) is 13.0. The Hall–Kier alpha value is -3.36. The van der Waals surface area contributed by atoms with Crippen LogP contribution >= 0.6 is 0 Å². The lowest BCUT2D eigenvalue weighted by atomic mass is 10.2. The highest BCUT2D eigenvalue weighted by Gasteiger charge is 2.14. The maximum Gasteiger partial charge on any atom is 0.412 e. The van der Waals surface area contributed by atoms with E-state index in [2.05, 4.69) is 15.5 Å². The molecule has 0 radical (unpaired) electrons. The summed E-state index contributed by atoms with van der Waals surface area (Å²) in [6.45, 7) is 1.85. The van der Waals surface area contributed by atoms with Crippen molar-refractivity contribution < 1.29 is 14.3 Å². The van der Waals surface area contributed by atoms with Crippen LogP contribution in [-0.2, 0) is 11.3 Å². The van der Waals surface area contributed by atoms with Crippen molar-refractivity contribution in [2.75, 3.05) is 17.7 Å². The van der Waals surface area contributed by atoms with Crippen LogP contribution in [0, 0.1) is 0 Å². The molecule has 124 valence electrons. The summed E-state index contributed by atoms with van der Waals surface area (Å²) in [5, 5.41) is 11.2. The number of amides is 1. The fraction of sp³-hybridized carbons (Fsp3) is 0.200. The smallest absolute Gasteiger partial charge is 0.412 e. The van der Waals surface area contributed by atoms with Crippen LogP contribution in [0.3, 0.4) is 0 Å². The normalized spacial score (nSPS) is 10.7. The number of para-hydroxylation sites is 1. The minimum Gasteiger partial charge on any atom is -0.450 e. The molecule has 9 heteroatoms. The third-order valence-corrected chi connectivity index (χ3v) is 3.33. The number of carbonyl (C=O) groups is 2. The summed E-state index contributed by atoms with van der Waals surface area (Å²) in [5.41, 5.74) is 7.17. The zero-order valence-electron chi connectivity index (χ0n) is 13.0. The largest absolute Gasteiger partial charge is 0.450 e. The van der Waals surface area contributed by atoms with Crippen molar-refractivity contribution in [3.63, 3.8) is 0 Å². The third kappa shape index (κ3) is 3.05. The van der Waals surface area contributed by atoms with Gasteiger partial charge in [0, 0.05) is 11.6 Å². The van der Waals surface area contributed by atoms with Crippen LogP contribution in [0.15, 0.2) is 36.7 Å². The number of hydrogen-bond donors (Lipinski definition) is 2. The second-order valence-electron chi connectivity index (χ2n) is 4.97. The van der Waals surface area contributed by atoms with Gasteiger partial charge in [-0.05, 0) is 13.0 Å². The molecule has 0 atom stereocenters. The fourth-order valence-electron chi connectivity index (χ4n) is 2.31. The Morgan fingerprint density at radius 1 is 1.33 bits per heavy atom. The van der Waals surface area contributed by atoms with Gasteiger partial charge in [0.15, 0.2) is 5.82 Å². The van der Waals surface area contributed by atoms with Crippen LogP contribution in [0.4, 0.5) is 16.3 Å². The number of fused-ring (bicyclic) bond motifs is 1. The topological polar surface area (TPSA) is 117 Å². The van der Waals surface area contributed by atoms with Gasteiger partial charge < -0.3 is 10.5 Å². The van der Waals surface area contributed by atoms with E-state index in [1.54, 1.807) is 13.1 Å². The molecule has 0 aliphatic heterocycles. The van der Waals surface area contributed by atoms with Crippen molar-refractivity contribution in [1.29, 1.82) is 0 Å². The molecule has 0 aliphatic rings. The summed E-state index contributed by atoms with van der Waals surface area (Å²) in [6.07, 6.45) is 2.29. The number of anilines is 2. The SMILES string of the molecule is CCOC(=O)Nc1cnn(CC(=O)n2cc(N)c3ccccc32)n1. The van der Waals surface area contributed by atoms with Gasteiger partial charge in [0.05, 0.1) is 24.0 Å². The van der Waals surface area contributed by atoms with Crippen LogP contribution in [0.2, 0.25) is 0 Å². The molecule has 3 rings (SSSR count). The quantitative estimate of drug-likeness (QED) is 0.753. The molecule has 0 spiro atoms. The van der Waals surface area contributed by atoms with Crippen molar-refractivity contribution in [3.05, 3.63) is 36.7 Å². The first-order valence-corrected chi connectivity index (χ1v) is 7.31. The average molecular weight is 328 g/mol. The number of benzene rings is 1. The first kappa shape index (κ1) is 15.5. The lowest BCUT2D eigenvalue weighted by Gasteiger charge is -2.03. The monoisotopic (exact) mass is 328 g/mol. The van der Waals surface area contributed by atoms with Gasteiger partial charge in [0.25, 0.3) is 5.91 Å². The minimum atomic E-state index is -0.625. The molecule has 3 aromatic rings. The first-order chi connectivity index (χ1) is 11.6. The van der Waals surface area contributed by atoms with Crippen LogP contribution < -0.4 is 11.1 Å². The van der Waals surface area contributed by atoms with Gasteiger partial charge in [-0.25, -0.2) is 4.79 Å². The fourth-order valence-corrected chi connectivity index (χ4v) is 2.31. The predicted octanol–water partition coefficient (Wildman–Crippen LogP) is 1.72. The number of nitrogens with one attached hydrogen (secondary N) is 1. The van der Waals surface area contributed by atoms with Gasteiger partial charge >= 0.3 is 6.09 Å². The molecule has 9 nitrogen and oxygen atoms in total. The van der Waals surface area contributed by atoms with E-state index in [4.69, 9.17) is 10.5 Å². The number of carbonyl (C=O) groups excluding carboxylic acids is 2. The molecule has 0 saturated heterocycles. The summed E-state index contributed by atoms with van der Waals surface area (Å²) in [5.74, 6) is -0.0423. The molecule has 2 heterocycles. The lowest BCUT2D eigenvalue weighted by molar-refractivity contribution is 0.0886. The Balaban J connectivity index is 1.75. The lowest BCUT2D eigenvalue weighted by Crippen LogP contribution is -2.19. The number of hydrogen-bond acceptors (Lipinski definition) is 6. The van der Waals surface area contributed by atoms with E-state index in [0.717, 1.165) is 10.9 Å². The van der Waals surface area contributed by atoms with Crippen LogP contribution in [-0.4, -0.2) is 38.2 Å². The van der Waals surface area contributed by atoms with E-state index < -0.39 is 6.09 Å². The summed E-state index contributed by atoms with van der Waals surface area (Å²) < 4.78 is 6.21. The van der Waals surface area contributed by atoms with E-state index in [1.807, 2.05) is 24.3 Å². The Morgan fingerprint density at radius 3 is 2.92 bits per heavy atom. The summed E-state index contributed by atoms with van der Waals surface area (Å²) in [6, 6.07) is 7.35. The molecule has 0 aliphatic carbocycles. The maximum atomic E-state index is 12.5. The average Bonchev–Trinajstić information content (AvgIpc) is 3.13. The number of nitrogens with zero attached hydrogens (tertiary/aromatic N) is 4. The van der Waals surface area contributed by atoms with Crippen molar-refractivity contribution in [2.45, 2.75) is 13.5 Å². The van der Waals surface area contributed by atoms with Crippen molar-refractivity contribution in [3.8, 4) is 0 Å². The second kappa shape index (κ2) is 6.41. The van der Waals surface area contributed by atoms with E-state index in [-0.39, 0.29) is 24.9 Å². The Labute approximate surface area is 137 Å². The highest BCUT2D eigenvalue weighted by atomic mass is 16.5. The van der Waals surface area contributed by atoms with Crippen molar-refractivity contribution in [2.24, 2.45) is 0 Å². The van der Waals surface area contributed by atoms with E-state index >= 15 is 0 Å². The first-order valence-electron chi connectivity index (χ1n) is 7.31. The van der Waals surface area contributed by atoms with Gasteiger partial charge in [-0.2, -0.15) is 9.90 Å². The number of nitrogen functional groups attached to an aromatic ring is 1. The van der Waals surface area contributed by atoms with Gasteiger partial charge in [0.1, 0.15) is 6.54 Å². The molecule has 1 amide bonds. The summed E-state index contributed by atoms with van der Waals surface area (Å²) >= 11 is 0. The molecule has 3 N–H and O–H groups in total. The highest BCUT2D eigenvalue weighted by molar-refractivity contribution is 5.99. The molecular weight excluding hydrogens is 312 g/mol. The Bertz CT molecular complexity index is 898. The van der Waals surface area contributed by atoms with Crippen LogP contribution in [0.5, 0.6) is 0 Å². The number of rotatable bonds is 4. The van der Waals surface area contributed by atoms with Gasteiger partial charge in [-0.1, -0.05) is 18.2 Å². The van der Waals surface area contributed by atoms with Gasteiger partial charge in [-0.15, -0.1) is 5.10 Å².